The van der Waals surface area contributed by atoms with Crippen LogP contribution in [-0.4, -0.2) is 12.1 Å². The zero-order valence-corrected chi connectivity index (χ0v) is 12.1. The summed E-state index contributed by atoms with van der Waals surface area (Å²) in [6, 6.07) is 14.2. The fourth-order valence-electron chi connectivity index (χ4n) is 2.11. The van der Waals surface area contributed by atoms with Gasteiger partial charge in [0.05, 0.1) is 5.54 Å². The molecule has 2 rings (SSSR count). The summed E-state index contributed by atoms with van der Waals surface area (Å²) >= 11 is 5.87. The SMILES string of the molecule is CC(CN)(Cc1ccccc1F)Nc1ccc(Cl)cc1. The summed E-state index contributed by atoms with van der Waals surface area (Å²) in [5.74, 6) is -0.204. The van der Waals surface area contributed by atoms with Gasteiger partial charge in [-0.2, -0.15) is 0 Å². The fourth-order valence-corrected chi connectivity index (χ4v) is 2.24. The molecule has 1 atom stereocenters. The number of benzene rings is 2. The maximum atomic E-state index is 13.8. The smallest absolute Gasteiger partial charge is 0.126 e. The van der Waals surface area contributed by atoms with Gasteiger partial charge in [-0.25, -0.2) is 4.39 Å². The second kappa shape index (κ2) is 6.25. The van der Waals surface area contributed by atoms with Crippen molar-refractivity contribution in [3.05, 3.63) is 64.9 Å². The molecule has 3 N–H and O–H groups in total. The molecule has 0 fully saturated rings. The number of halogens is 2. The maximum Gasteiger partial charge on any atom is 0.126 e. The highest BCUT2D eigenvalue weighted by molar-refractivity contribution is 6.30. The largest absolute Gasteiger partial charge is 0.378 e. The first kappa shape index (κ1) is 14.8. The van der Waals surface area contributed by atoms with Crippen LogP contribution >= 0.6 is 11.6 Å². The van der Waals surface area contributed by atoms with Crippen molar-refractivity contribution in [1.29, 1.82) is 0 Å². The van der Waals surface area contributed by atoms with Crippen LogP contribution in [0.5, 0.6) is 0 Å². The summed E-state index contributed by atoms with van der Waals surface area (Å²) in [4.78, 5) is 0. The monoisotopic (exact) mass is 292 g/mol. The summed E-state index contributed by atoms with van der Waals surface area (Å²) in [5, 5.41) is 4.04. The Morgan fingerprint density at radius 3 is 2.40 bits per heavy atom. The Morgan fingerprint density at radius 2 is 1.80 bits per heavy atom. The van der Waals surface area contributed by atoms with E-state index in [1.54, 1.807) is 12.1 Å². The summed E-state index contributed by atoms with van der Waals surface area (Å²) in [6.45, 7) is 2.37. The third kappa shape index (κ3) is 3.71. The number of nitrogens with two attached hydrogens (primary N) is 1. The maximum absolute atomic E-state index is 13.8. The van der Waals surface area contributed by atoms with Crippen LogP contribution in [0.4, 0.5) is 10.1 Å². The fraction of sp³-hybridized carbons (Fsp3) is 0.250. The molecule has 0 aliphatic carbocycles. The first-order valence-corrected chi connectivity index (χ1v) is 6.87. The van der Waals surface area contributed by atoms with Crippen molar-refractivity contribution in [2.45, 2.75) is 18.9 Å². The third-order valence-corrected chi connectivity index (χ3v) is 3.53. The number of hydrogen-bond acceptors (Lipinski definition) is 2. The van der Waals surface area contributed by atoms with Crippen molar-refractivity contribution in [3.8, 4) is 0 Å². The minimum Gasteiger partial charge on any atom is -0.378 e. The molecule has 0 radical (unpaired) electrons. The van der Waals surface area contributed by atoms with Gasteiger partial charge in [-0.1, -0.05) is 29.8 Å². The van der Waals surface area contributed by atoms with Gasteiger partial charge in [0.25, 0.3) is 0 Å². The predicted molar refractivity (Wildman–Crippen MR) is 82.6 cm³/mol. The van der Waals surface area contributed by atoms with E-state index < -0.39 is 5.54 Å². The van der Waals surface area contributed by atoms with Gasteiger partial charge in [-0.05, 0) is 49.2 Å². The van der Waals surface area contributed by atoms with Crippen molar-refractivity contribution in [2.75, 3.05) is 11.9 Å². The van der Waals surface area contributed by atoms with Gasteiger partial charge in [0, 0.05) is 17.3 Å². The van der Waals surface area contributed by atoms with Crippen molar-refractivity contribution in [1.82, 2.24) is 0 Å². The first-order chi connectivity index (χ1) is 9.52. The Bertz CT molecular complexity index is 571. The van der Waals surface area contributed by atoms with E-state index >= 15 is 0 Å². The molecule has 106 valence electrons. The normalized spacial score (nSPS) is 13.8. The van der Waals surface area contributed by atoms with E-state index in [0.29, 0.717) is 23.6 Å². The molecule has 1 unspecified atom stereocenters. The lowest BCUT2D eigenvalue weighted by Gasteiger charge is -2.31. The van der Waals surface area contributed by atoms with Crippen molar-refractivity contribution >= 4 is 17.3 Å². The Balaban J connectivity index is 2.17. The highest BCUT2D eigenvalue weighted by Gasteiger charge is 2.24. The van der Waals surface area contributed by atoms with Gasteiger partial charge in [0.2, 0.25) is 0 Å². The summed E-state index contributed by atoms with van der Waals surface area (Å²) < 4.78 is 13.8. The Morgan fingerprint density at radius 1 is 1.15 bits per heavy atom. The van der Waals surface area contributed by atoms with Crippen LogP contribution in [0.1, 0.15) is 12.5 Å². The van der Waals surface area contributed by atoms with E-state index in [4.69, 9.17) is 17.3 Å². The predicted octanol–water partition coefficient (Wildman–Crippen LogP) is 3.85. The molecule has 2 aromatic rings. The molecule has 0 spiro atoms. The number of anilines is 1. The minimum atomic E-state index is -0.421. The molecule has 0 saturated heterocycles. The van der Waals surface area contributed by atoms with Crippen LogP contribution in [0.15, 0.2) is 48.5 Å². The van der Waals surface area contributed by atoms with Crippen LogP contribution in [0.3, 0.4) is 0 Å². The summed E-state index contributed by atoms with van der Waals surface area (Å²) in [6.07, 6.45) is 0.513. The number of nitrogens with one attached hydrogen (secondary N) is 1. The van der Waals surface area contributed by atoms with Gasteiger partial charge in [-0.15, -0.1) is 0 Å². The summed E-state index contributed by atoms with van der Waals surface area (Å²) in [5.41, 5.74) is 7.02. The molecular formula is C16H18ClFN2. The summed E-state index contributed by atoms with van der Waals surface area (Å²) in [7, 11) is 0. The zero-order valence-electron chi connectivity index (χ0n) is 11.4. The number of hydrogen-bond donors (Lipinski definition) is 2. The van der Waals surface area contributed by atoms with Crippen LogP contribution in [0, 0.1) is 5.82 Å². The standard InChI is InChI=1S/C16H18ClFN2/c1-16(11-19,10-12-4-2-3-5-15(12)18)20-14-8-6-13(17)7-9-14/h2-9,20H,10-11,19H2,1H3. The van der Waals surface area contributed by atoms with Gasteiger partial charge in [0.1, 0.15) is 5.82 Å². The van der Waals surface area contributed by atoms with Gasteiger partial charge < -0.3 is 11.1 Å². The first-order valence-electron chi connectivity index (χ1n) is 6.50. The van der Waals surface area contributed by atoms with E-state index in [2.05, 4.69) is 5.32 Å². The molecule has 0 aromatic heterocycles. The lowest BCUT2D eigenvalue weighted by atomic mass is 9.92. The minimum absolute atomic E-state index is 0.204. The topological polar surface area (TPSA) is 38.0 Å². The zero-order chi connectivity index (χ0) is 14.6. The van der Waals surface area contributed by atoms with Gasteiger partial charge in [-0.3, -0.25) is 0 Å². The lowest BCUT2D eigenvalue weighted by molar-refractivity contribution is 0.502. The average Bonchev–Trinajstić information content (AvgIpc) is 2.44. The Hall–Kier alpha value is -1.58. The lowest BCUT2D eigenvalue weighted by Crippen LogP contribution is -2.44. The molecule has 20 heavy (non-hydrogen) atoms. The third-order valence-electron chi connectivity index (χ3n) is 3.28. The van der Waals surface area contributed by atoms with E-state index in [-0.39, 0.29) is 5.82 Å². The molecule has 0 amide bonds. The molecule has 2 aromatic carbocycles. The molecule has 0 bridgehead atoms. The molecule has 0 saturated carbocycles. The molecule has 4 heteroatoms. The Kier molecular flexibility index (Phi) is 4.63. The van der Waals surface area contributed by atoms with Crippen molar-refractivity contribution < 1.29 is 4.39 Å². The second-order valence-electron chi connectivity index (χ2n) is 5.16. The van der Waals surface area contributed by atoms with Crippen molar-refractivity contribution in [2.24, 2.45) is 5.73 Å². The van der Waals surface area contributed by atoms with Crippen molar-refractivity contribution in [3.63, 3.8) is 0 Å². The molecule has 0 heterocycles. The van der Waals surface area contributed by atoms with E-state index in [0.717, 1.165) is 5.69 Å². The van der Waals surface area contributed by atoms with Crippen LogP contribution in [0.2, 0.25) is 5.02 Å². The van der Waals surface area contributed by atoms with E-state index in [9.17, 15) is 4.39 Å². The molecule has 0 aliphatic rings. The molecule has 2 nitrogen and oxygen atoms in total. The highest BCUT2D eigenvalue weighted by Crippen LogP contribution is 2.22. The highest BCUT2D eigenvalue weighted by atomic mass is 35.5. The molecule has 0 aliphatic heterocycles. The average molecular weight is 293 g/mol. The molecular weight excluding hydrogens is 275 g/mol. The Labute approximate surface area is 123 Å². The number of rotatable bonds is 5. The van der Waals surface area contributed by atoms with E-state index in [1.165, 1.54) is 6.07 Å². The van der Waals surface area contributed by atoms with Crippen LogP contribution in [-0.2, 0) is 6.42 Å². The van der Waals surface area contributed by atoms with E-state index in [1.807, 2.05) is 37.3 Å². The quantitative estimate of drug-likeness (QED) is 0.878. The van der Waals surface area contributed by atoms with Gasteiger partial charge in [0.15, 0.2) is 0 Å². The van der Waals surface area contributed by atoms with Crippen LogP contribution in [0.25, 0.3) is 0 Å². The van der Waals surface area contributed by atoms with Crippen LogP contribution < -0.4 is 11.1 Å². The van der Waals surface area contributed by atoms with Gasteiger partial charge >= 0.3 is 0 Å². The second-order valence-corrected chi connectivity index (χ2v) is 5.60.